The fraction of sp³-hybridized carbons (Fsp3) is 0.500. The van der Waals surface area contributed by atoms with Crippen molar-refractivity contribution in [1.29, 1.82) is 0 Å². The average molecular weight is 316 g/mol. The smallest absolute Gasteiger partial charge is 0.273 e. The van der Waals surface area contributed by atoms with Gasteiger partial charge >= 0.3 is 0 Å². The molecule has 122 valence electrons. The van der Waals surface area contributed by atoms with E-state index in [-0.39, 0.29) is 11.9 Å². The number of aromatic nitrogens is 3. The highest BCUT2D eigenvalue weighted by atomic mass is 16.5. The molecule has 7 nitrogen and oxygen atoms in total. The first-order chi connectivity index (χ1) is 11.2. The summed E-state index contributed by atoms with van der Waals surface area (Å²) in [6.07, 6.45) is 5.24. The van der Waals surface area contributed by atoms with E-state index in [2.05, 4.69) is 20.5 Å². The zero-order valence-corrected chi connectivity index (χ0v) is 13.3. The van der Waals surface area contributed by atoms with Crippen molar-refractivity contribution in [3.05, 3.63) is 35.8 Å². The zero-order valence-electron chi connectivity index (χ0n) is 13.3. The second-order valence-electron chi connectivity index (χ2n) is 5.82. The summed E-state index contributed by atoms with van der Waals surface area (Å²) in [5, 5.41) is 10.9. The number of ether oxygens (including phenoxy) is 1. The maximum Gasteiger partial charge on any atom is 0.273 e. The third-order valence-corrected chi connectivity index (χ3v) is 4.11. The molecule has 2 heterocycles. The van der Waals surface area contributed by atoms with Gasteiger partial charge in [0.1, 0.15) is 5.75 Å². The first-order valence-electron chi connectivity index (χ1n) is 7.74. The van der Waals surface area contributed by atoms with Gasteiger partial charge in [0.15, 0.2) is 5.69 Å². The minimum Gasteiger partial charge on any atom is -0.494 e. The molecular weight excluding hydrogens is 296 g/mol. The quantitative estimate of drug-likeness (QED) is 0.906. The molecule has 0 saturated heterocycles. The number of carbonyl (C=O) groups is 1. The molecule has 1 aliphatic rings. The molecule has 1 N–H and O–H groups in total. The lowest BCUT2D eigenvalue weighted by Gasteiger charge is -2.14. The van der Waals surface area contributed by atoms with Crippen LogP contribution >= 0.6 is 0 Å². The van der Waals surface area contributed by atoms with Gasteiger partial charge in [-0.25, -0.2) is 4.98 Å². The Balaban J connectivity index is 1.56. The third kappa shape index (κ3) is 3.67. The number of nitrogens with one attached hydrogen (secondary N) is 1. The Morgan fingerprint density at radius 2 is 2.30 bits per heavy atom. The van der Waals surface area contributed by atoms with Gasteiger partial charge in [0.05, 0.1) is 7.11 Å². The highest BCUT2D eigenvalue weighted by Gasteiger charge is 2.28. The van der Waals surface area contributed by atoms with Crippen LogP contribution in [0.3, 0.4) is 0 Å². The van der Waals surface area contributed by atoms with Crippen molar-refractivity contribution in [2.45, 2.75) is 38.6 Å². The van der Waals surface area contributed by atoms with Crippen molar-refractivity contribution in [3.63, 3.8) is 0 Å². The van der Waals surface area contributed by atoms with Gasteiger partial charge in [-0.1, -0.05) is 0 Å². The standard InChI is InChI=1S/C16H20N4O3/c1-10-19-20-14(23-10)9-11-5-6-12(8-11)18-16(21)15-13(22-2)4-3-7-17-15/h3-4,7,11-12H,5-6,8-9H2,1-2H3,(H,18,21)/t11-,12+/m1/s1. The van der Waals surface area contributed by atoms with Gasteiger partial charge in [0.2, 0.25) is 11.8 Å². The summed E-state index contributed by atoms with van der Waals surface area (Å²) in [5.74, 6) is 2.00. The number of hydrogen-bond donors (Lipinski definition) is 1. The van der Waals surface area contributed by atoms with Crippen LogP contribution in [0.25, 0.3) is 0 Å². The van der Waals surface area contributed by atoms with Crippen LogP contribution in [0.5, 0.6) is 5.75 Å². The molecule has 0 spiro atoms. The number of rotatable bonds is 5. The average Bonchev–Trinajstić information content (AvgIpc) is 3.16. The van der Waals surface area contributed by atoms with Crippen LogP contribution in [0.1, 0.15) is 41.5 Å². The molecule has 7 heteroatoms. The fourth-order valence-corrected chi connectivity index (χ4v) is 3.04. The number of pyridine rings is 1. The lowest BCUT2D eigenvalue weighted by molar-refractivity contribution is 0.0928. The monoisotopic (exact) mass is 316 g/mol. The first-order valence-corrected chi connectivity index (χ1v) is 7.74. The predicted molar refractivity (Wildman–Crippen MR) is 82.1 cm³/mol. The second kappa shape index (κ2) is 6.76. The van der Waals surface area contributed by atoms with Gasteiger partial charge in [-0.15, -0.1) is 10.2 Å². The van der Waals surface area contributed by atoms with Crippen LogP contribution in [0.15, 0.2) is 22.7 Å². The first kappa shape index (κ1) is 15.5. The molecule has 1 fully saturated rings. The SMILES string of the molecule is COc1cccnc1C(=O)N[C@H]1CC[C@@H](Cc2nnc(C)o2)C1. The maximum absolute atomic E-state index is 12.4. The lowest BCUT2D eigenvalue weighted by atomic mass is 10.0. The minimum atomic E-state index is -0.193. The van der Waals surface area contributed by atoms with E-state index in [1.807, 2.05) is 0 Å². The Labute approximate surface area is 134 Å². The minimum absolute atomic E-state index is 0.142. The largest absolute Gasteiger partial charge is 0.494 e. The number of aryl methyl sites for hydroxylation is 1. The van der Waals surface area contributed by atoms with E-state index in [1.54, 1.807) is 25.3 Å². The Hall–Kier alpha value is -2.44. The molecule has 1 saturated carbocycles. The van der Waals surface area contributed by atoms with E-state index in [1.165, 1.54) is 7.11 Å². The lowest BCUT2D eigenvalue weighted by Crippen LogP contribution is -2.33. The predicted octanol–water partition coefficient (Wildman–Crippen LogP) is 1.92. The summed E-state index contributed by atoms with van der Waals surface area (Å²) < 4.78 is 10.6. The van der Waals surface area contributed by atoms with E-state index in [4.69, 9.17) is 9.15 Å². The van der Waals surface area contributed by atoms with Gasteiger partial charge < -0.3 is 14.5 Å². The van der Waals surface area contributed by atoms with Gasteiger partial charge in [-0.3, -0.25) is 4.79 Å². The van der Waals surface area contributed by atoms with Gasteiger partial charge in [0, 0.05) is 25.6 Å². The molecule has 3 rings (SSSR count). The van der Waals surface area contributed by atoms with Crippen molar-refractivity contribution in [1.82, 2.24) is 20.5 Å². The molecule has 23 heavy (non-hydrogen) atoms. The molecule has 0 aromatic carbocycles. The molecule has 2 aromatic heterocycles. The summed E-state index contributed by atoms with van der Waals surface area (Å²) >= 11 is 0. The fourth-order valence-electron chi connectivity index (χ4n) is 3.04. The van der Waals surface area contributed by atoms with Crippen molar-refractivity contribution in [2.75, 3.05) is 7.11 Å². The number of nitrogens with zero attached hydrogens (tertiary/aromatic N) is 3. The molecule has 2 atom stereocenters. The summed E-state index contributed by atoms with van der Waals surface area (Å²) in [5.41, 5.74) is 0.325. The number of methoxy groups -OCH3 is 1. The second-order valence-corrected chi connectivity index (χ2v) is 5.82. The summed E-state index contributed by atoms with van der Waals surface area (Å²) in [6, 6.07) is 3.62. The van der Waals surface area contributed by atoms with Crippen LogP contribution < -0.4 is 10.1 Å². The van der Waals surface area contributed by atoms with Gasteiger partial charge in [0.25, 0.3) is 5.91 Å². The van der Waals surface area contributed by atoms with Crippen molar-refractivity contribution in [3.8, 4) is 5.75 Å². The van der Waals surface area contributed by atoms with Crippen LogP contribution in [0, 0.1) is 12.8 Å². The van der Waals surface area contributed by atoms with Crippen LogP contribution in [-0.2, 0) is 6.42 Å². The number of carbonyl (C=O) groups excluding carboxylic acids is 1. The normalized spacial score (nSPS) is 20.4. The molecule has 2 aromatic rings. The Morgan fingerprint density at radius 3 is 3.04 bits per heavy atom. The summed E-state index contributed by atoms with van der Waals surface area (Å²) in [7, 11) is 1.53. The Bertz CT molecular complexity index is 685. The van der Waals surface area contributed by atoms with E-state index in [0.717, 1.165) is 25.7 Å². The van der Waals surface area contributed by atoms with Crippen LogP contribution in [0.4, 0.5) is 0 Å². The molecule has 0 aliphatic heterocycles. The van der Waals surface area contributed by atoms with Crippen molar-refractivity contribution >= 4 is 5.91 Å². The number of hydrogen-bond acceptors (Lipinski definition) is 6. The topological polar surface area (TPSA) is 90.1 Å². The van der Waals surface area contributed by atoms with Crippen LogP contribution in [-0.4, -0.2) is 34.2 Å². The highest BCUT2D eigenvalue weighted by Crippen LogP contribution is 2.29. The van der Waals surface area contributed by atoms with Crippen molar-refractivity contribution in [2.24, 2.45) is 5.92 Å². The molecule has 1 aliphatic carbocycles. The summed E-state index contributed by atoms with van der Waals surface area (Å²) in [4.78, 5) is 16.5. The molecule has 1 amide bonds. The molecular formula is C16H20N4O3. The Morgan fingerprint density at radius 1 is 1.43 bits per heavy atom. The third-order valence-electron chi connectivity index (χ3n) is 4.11. The van der Waals surface area contributed by atoms with Gasteiger partial charge in [-0.2, -0.15) is 0 Å². The summed E-state index contributed by atoms with van der Waals surface area (Å²) in [6.45, 7) is 1.79. The highest BCUT2D eigenvalue weighted by molar-refractivity contribution is 5.95. The van der Waals surface area contributed by atoms with E-state index in [9.17, 15) is 4.79 Å². The van der Waals surface area contributed by atoms with E-state index >= 15 is 0 Å². The van der Waals surface area contributed by atoms with Crippen molar-refractivity contribution < 1.29 is 13.9 Å². The maximum atomic E-state index is 12.4. The molecule has 0 bridgehead atoms. The zero-order chi connectivity index (χ0) is 16.2. The molecule has 0 radical (unpaired) electrons. The molecule has 0 unspecified atom stereocenters. The van der Waals surface area contributed by atoms with E-state index in [0.29, 0.717) is 29.1 Å². The number of amides is 1. The van der Waals surface area contributed by atoms with E-state index < -0.39 is 0 Å². The Kier molecular flexibility index (Phi) is 4.55. The van der Waals surface area contributed by atoms with Gasteiger partial charge in [-0.05, 0) is 37.3 Å². The van der Waals surface area contributed by atoms with Crippen LogP contribution in [0.2, 0.25) is 0 Å².